The lowest BCUT2D eigenvalue weighted by atomic mass is 10.0. The summed E-state index contributed by atoms with van der Waals surface area (Å²) in [5, 5.41) is 4.11. The van der Waals surface area contributed by atoms with Gasteiger partial charge < -0.3 is 5.32 Å². The molecule has 6 heteroatoms. The third-order valence-corrected chi connectivity index (χ3v) is 4.19. The number of rotatable bonds is 4. The molecular formula is C20H14ClFN4. The molecule has 0 amide bonds. The normalized spacial score (nSPS) is 10.8. The topological polar surface area (TPSA) is 50.7 Å². The molecule has 4 rings (SSSR count). The zero-order valence-corrected chi connectivity index (χ0v) is 14.4. The number of nitrogens with zero attached hydrogens (tertiary/aromatic N) is 3. The summed E-state index contributed by atoms with van der Waals surface area (Å²) in [4.78, 5) is 12.9. The number of benzene rings is 2. The molecule has 2 heterocycles. The van der Waals surface area contributed by atoms with Crippen molar-refractivity contribution in [1.29, 1.82) is 0 Å². The average molecular weight is 365 g/mol. The maximum Gasteiger partial charge on any atom is 0.224 e. The van der Waals surface area contributed by atoms with Crippen LogP contribution in [0.15, 0.2) is 66.9 Å². The number of nitrogens with one attached hydrogen (secondary N) is 1. The van der Waals surface area contributed by atoms with Gasteiger partial charge in [0.1, 0.15) is 11.6 Å². The minimum Gasteiger partial charge on any atom is -0.364 e. The van der Waals surface area contributed by atoms with E-state index in [-0.39, 0.29) is 11.1 Å². The lowest BCUT2D eigenvalue weighted by Crippen LogP contribution is -2.05. The fourth-order valence-electron chi connectivity index (χ4n) is 2.86. The molecule has 4 aromatic rings. The zero-order valence-electron chi connectivity index (χ0n) is 13.7. The number of aromatic nitrogens is 3. The molecule has 0 aliphatic rings. The predicted octanol–water partition coefficient (Wildman–Crippen LogP) is 5.10. The quantitative estimate of drug-likeness (QED) is 0.512. The molecule has 0 spiro atoms. The molecule has 0 unspecified atom stereocenters. The van der Waals surface area contributed by atoms with Crippen molar-refractivity contribution >= 4 is 28.3 Å². The van der Waals surface area contributed by atoms with Gasteiger partial charge in [-0.2, -0.15) is 0 Å². The van der Waals surface area contributed by atoms with E-state index in [0.717, 1.165) is 11.1 Å². The van der Waals surface area contributed by atoms with Gasteiger partial charge in [0.05, 0.1) is 23.1 Å². The molecule has 4 nitrogen and oxygen atoms in total. The summed E-state index contributed by atoms with van der Waals surface area (Å²) in [6, 6.07) is 17.8. The van der Waals surface area contributed by atoms with Crippen molar-refractivity contribution in [3.8, 4) is 11.1 Å². The molecule has 0 saturated heterocycles. The van der Waals surface area contributed by atoms with Gasteiger partial charge in [0.2, 0.25) is 5.28 Å². The average Bonchev–Trinajstić information content (AvgIpc) is 2.66. The number of hydrogen-bond donors (Lipinski definition) is 1. The molecular weight excluding hydrogens is 351 g/mol. The van der Waals surface area contributed by atoms with Gasteiger partial charge >= 0.3 is 0 Å². The maximum absolute atomic E-state index is 14.4. The highest BCUT2D eigenvalue weighted by Gasteiger charge is 2.14. The molecule has 0 fully saturated rings. The Morgan fingerprint density at radius 1 is 0.885 bits per heavy atom. The Morgan fingerprint density at radius 2 is 1.69 bits per heavy atom. The van der Waals surface area contributed by atoms with E-state index in [1.54, 1.807) is 24.4 Å². The van der Waals surface area contributed by atoms with E-state index < -0.39 is 0 Å². The summed E-state index contributed by atoms with van der Waals surface area (Å²) in [7, 11) is 0. The van der Waals surface area contributed by atoms with Crippen LogP contribution in [-0.2, 0) is 6.54 Å². The van der Waals surface area contributed by atoms with E-state index in [4.69, 9.17) is 11.6 Å². The van der Waals surface area contributed by atoms with Gasteiger partial charge in [0.15, 0.2) is 0 Å². The first-order valence-electron chi connectivity index (χ1n) is 8.07. The third kappa shape index (κ3) is 3.21. The maximum atomic E-state index is 14.4. The minimum absolute atomic E-state index is 0.131. The second-order valence-electron chi connectivity index (χ2n) is 5.70. The van der Waals surface area contributed by atoms with E-state index >= 15 is 0 Å². The zero-order chi connectivity index (χ0) is 17.9. The number of halogens is 2. The van der Waals surface area contributed by atoms with Crippen molar-refractivity contribution in [1.82, 2.24) is 15.0 Å². The first kappa shape index (κ1) is 16.4. The summed E-state index contributed by atoms with van der Waals surface area (Å²) in [5.74, 6) is 0.245. The Kier molecular flexibility index (Phi) is 4.46. The first-order chi connectivity index (χ1) is 12.7. The van der Waals surface area contributed by atoms with Crippen LogP contribution >= 0.6 is 11.6 Å². The molecule has 128 valence electrons. The molecule has 0 radical (unpaired) electrons. The van der Waals surface area contributed by atoms with Crippen LogP contribution in [0.5, 0.6) is 0 Å². The van der Waals surface area contributed by atoms with Gasteiger partial charge in [0, 0.05) is 11.8 Å². The van der Waals surface area contributed by atoms with E-state index in [9.17, 15) is 4.39 Å². The van der Waals surface area contributed by atoms with E-state index in [1.807, 2.05) is 36.4 Å². The highest BCUT2D eigenvalue weighted by Crippen LogP contribution is 2.34. The van der Waals surface area contributed by atoms with Crippen LogP contribution < -0.4 is 5.32 Å². The SMILES string of the molecule is Fc1ccccc1-c1cccc2nc(Cl)nc(NCc3ccccn3)c12. The molecule has 0 aliphatic carbocycles. The summed E-state index contributed by atoms with van der Waals surface area (Å²) in [5.41, 5.74) is 2.71. The lowest BCUT2D eigenvalue weighted by Gasteiger charge is -2.13. The van der Waals surface area contributed by atoms with Crippen molar-refractivity contribution in [2.45, 2.75) is 6.54 Å². The summed E-state index contributed by atoms with van der Waals surface area (Å²) < 4.78 is 14.4. The highest BCUT2D eigenvalue weighted by molar-refractivity contribution is 6.29. The van der Waals surface area contributed by atoms with Gasteiger partial charge in [-0.05, 0) is 41.4 Å². The second-order valence-corrected chi connectivity index (χ2v) is 6.03. The minimum atomic E-state index is -0.300. The fourth-order valence-corrected chi connectivity index (χ4v) is 3.04. The van der Waals surface area contributed by atoms with Gasteiger partial charge in [-0.15, -0.1) is 0 Å². The Labute approximate surface area is 154 Å². The standard InChI is InChI=1S/C20H14ClFN4/c21-20-25-17-10-5-8-15(14-7-1-2-9-16(14)22)18(17)19(26-20)24-12-13-6-3-4-11-23-13/h1-11H,12H2,(H,24,25,26). The molecule has 1 N–H and O–H groups in total. The lowest BCUT2D eigenvalue weighted by molar-refractivity contribution is 0.631. The van der Waals surface area contributed by atoms with Gasteiger partial charge in [0.25, 0.3) is 0 Å². The monoisotopic (exact) mass is 364 g/mol. The van der Waals surface area contributed by atoms with Crippen LogP contribution in [0.25, 0.3) is 22.0 Å². The summed E-state index contributed by atoms with van der Waals surface area (Å²) in [6.45, 7) is 0.467. The molecule has 2 aromatic carbocycles. The van der Waals surface area contributed by atoms with E-state index in [1.165, 1.54) is 6.07 Å². The largest absolute Gasteiger partial charge is 0.364 e. The van der Waals surface area contributed by atoms with E-state index in [2.05, 4.69) is 20.3 Å². The summed E-state index contributed by atoms with van der Waals surface area (Å²) >= 11 is 6.08. The molecule has 0 atom stereocenters. The number of pyridine rings is 1. The summed E-state index contributed by atoms with van der Waals surface area (Å²) in [6.07, 6.45) is 1.73. The molecule has 0 aliphatic heterocycles. The highest BCUT2D eigenvalue weighted by atomic mass is 35.5. The van der Waals surface area contributed by atoms with Crippen LogP contribution in [0, 0.1) is 5.82 Å². The fraction of sp³-hybridized carbons (Fsp3) is 0.0500. The van der Waals surface area contributed by atoms with Crippen LogP contribution in [0.2, 0.25) is 5.28 Å². The van der Waals surface area contributed by atoms with E-state index in [0.29, 0.717) is 29.0 Å². The Hall–Kier alpha value is -3.05. The van der Waals surface area contributed by atoms with Crippen LogP contribution in [0.4, 0.5) is 10.2 Å². The first-order valence-corrected chi connectivity index (χ1v) is 8.45. The smallest absolute Gasteiger partial charge is 0.224 e. The van der Waals surface area contributed by atoms with Crippen molar-refractivity contribution in [3.63, 3.8) is 0 Å². The molecule has 26 heavy (non-hydrogen) atoms. The second kappa shape index (κ2) is 7.06. The third-order valence-electron chi connectivity index (χ3n) is 4.02. The molecule has 0 saturated carbocycles. The molecule has 2 aromatic heterocycles. The van der Waals surface area contributed by atoms with Crippen molar-refractivity contribution in [3.05, 3.63) is 83.7 Å². The number of anilines is 1. The Bertz CT molecular complexity index is 1070. The molecule has 0 bridgehead atoms. The van der Waals surface area contributed by atoms with Crippen molar-refractivity contribution < 1.29 is 4.39 Å². The van der Waals surface area contributed by atoms with Gasteiger partial charge in [-0.3, -0.25) is 4.98 Å². The Balaban J connectivity index is 1.85. The van der Waals surface area contributed by atoms with Crippen LogP contribution in [0.1, 0.15) is 5.69 Å². The Morgan fingerprint density at radius 3 is 2.50 bits per heavy atom. The van der Waals surface area contributed by atoms with Crippen LogP contribution in [0.3, 0.4) is 0 Å². The van der Waals surface area contributed by atoms with Gasteiger partial charge in [-0.1, -0.05) is 36.4 Å². The number of fused-ring (bicyclic) bond motifs is 1. The number of hydrogen-bond acceptors (Lipinski definition) is 4. The predicted molar refractivity (Wildman–Crippen MR) is 102 cm³/mol. The van der Waals surface area contributed by atoms with Crippen LogP contribution in [-0.4, -0.2) is 15.0 Å². The van der Waals surface area contributed by atoms with Crippen molar-refractivity contribution in [2.75, 3.05) is 5.32 Å². The van der Waals surface area contributed by atoms with Gasteiger partial charge in [-0.25, -0.2) is 14.4 Å². The van der Waals surface area contributed by atoms with Crippen molar-refractivity contribution in [2.24, 2.45) is 0 Å².